The lowest BCUT2D eigenvalue weighted by Gasteiger charge is -2.20. The van der Waals surface area contributed by atoms with Crippen molar-refractivity contribution in [1.82, 2.24) is 0 Å². The molecule has 1 heterocycles. The molecule has 2 aromatic rings. The van der Waals surface area contributed by atoms with E-state index < -0.39 is 0 Å². The molecule has 0 fully saturated rings. The number of carbonyl (C=O) groups is 1. The Morgan fingerprint density at radius 2 is 2.00 bits per heavy atom. The second kappa shape index (κ2) is 6.00. The van der Waals surface area contributed by atoms with Crippen LogP contribution in [0.2, 0.25) is 0 Å². The number of hydrogen-bond acceptors (Lipinski definition) is 3. The van der Waals surface area contributed by atoms with Crippen LogP contribution in [0.5, 0.6) is 5.75 Å². The van der Waals surface area contributed by atoms with Gasteiger partial charge < -0.3 is 10.1 Å². The molecule has 108 valence electrons. The Morgan fingerprint density at radius 1 is 1.19 bits per heavy atom. The topological polar surface area (TPSA) is 38.3 Å². The summed E-state index contributed by atoms with van der Waals surface area (Å²) in [5.41, 5.74) is 3.75. The van der Waals surface area contributed by atoms with E-state index in [9.17, 15) is 4.79 Å². The molecule has 1 aliphatic heterocycles. The standard InChI is InChI=1S/C18H19NO2/c1-2-21-14-10-8-13(9-11-14)18(20)16-5-3-7-17-15(16)6-4-12-19-17/h3,5,7-11,19H,2,4,6,12H2,1H3. The van der Waals surface area contributed by atoms with E-state index in [1.54, 1.807) is 0 Å². The number of benzene rings is 2. The molecular formula is C18H19NO2. The molecular weight excluding hydrogens is 262 g/mol. The van der Waals surface area contributed by atoms with Crippen molar-refractivity contribution < 1.29 is 9.53 Å². The third kappa shape index (κ3) is 2.77. The number of hydrogen-bond donors (Lipinski definition) is 1. The lowest BCUT2D eigenvalue weighted by molar-refractivity contribution is 0.103. The predicted octanol–water partition coefficient (Wildman–Crippen LogP) is 3.67. The van der Waals surface area contributed by atoms with E-state index in [1.807, 2.05) is 49.4 Å². The molecule has 0 aliphatic carbocycles. The maximum atomic E-state index is 12.7. The van der Waals surface area contributed by atoms with Crippen LogP contribution in [-0.4, -0.2) is 18.9 Å². The highest BCUT2D eigenvalue weighted by molar-refractivity contribution is 6.10. The van der Waals surface area contributed by atoms with Crippen LogP contribution in [-0.2, 0) is 6.42 Å². The third-order valence-corrected chi connectivity index (χ3v) is 3.77. The first-order valence-corrected chi connectivity index (χ1v) is 7.43. The maximum Gasteiger partial charge on any atom is 0.193 e. The highest BCUT2D eigenvalue weighted by atomic mass is 16.5. The van der Waals surface area contributed by atoms with Gasteiger partial charge in [0.2, 0.25) is 0 Å². The predicted molar refractivity (Wildman–Crippen MR) is 84.3 cm³/mol. The fraction of sp³-hybridized carbons (Fsp3) is 0.278. The Kier molecular flexibility index (Phi) is 3.91. The fourth-order valence-electron chi connectivity index (χ4n) is 2.75. The van der Waals surface area contributed by atoms with E-state index in [0.29, 0.717) is 12.2 Å². The molecule has 3 rings (SSSR count). The number of carbonyl (C=O) groups excluding carboxylic acids is 1. The molecule has 0 saturated heterocycles. The first-order chi connectivity index (χ1) is 10.3. The van der Waals surface area contributed by atoms with Crippen molar-refractivity contribution in [3.05, 3.63) is 59.2 Å². The summed E-state index contributed by atoms with van der Waals surface area (Å²) >= 11 is 0. The summed E-state index contributed by atoms with van der Waals surface area (Å²) in [6.07, 6.45) is 2.03. The first kappa shape index (κ1) is 13.7. The molecule has 3 nitrogen and oxygen atoms in total. The van der Waals surface area contributed by atoms with E-state index in [2.05, 4.69) is 5.32 Å². The van der Waals surface area contributed by atoms with Crippen LogP contribution in [0, 0.1) is 0 Å². The van der Waals surface area contributed by atoms with Gasteiger partial charge in [0.1, 0.15) is 5.75 Å². The van der Waals surface area contributed by atoms with Gasteiger partial charge in [-0.3, -0.25) is 4.79 Å². The molecule has 1 aliphatic rings. The molecule has 0 amide bonds. The van der Waals surface area contributed by atoms with Gasteiger partial charge in [-0.1, -0.05) is 12.1 Å². The third-order valence-electron chi connectivity index (χ3n) is 3.77. The Bertz CT molecular complexity index is 647. The summed E-state index contributed by atoms with van der Waals surface area (Å²) in [6.45, 7) is 3.56. The monoisotopic (exact) mass is 281 g/mol. The zero-order chi connectivity index (χ0) is 14.7. The van der Waals surface area contributed by atoms with E-state index in [-0.39, 0.29) is 5.78 Å². The minimum atomic E-state index is 0.0820. The summed E-state index contributed by atoms with van der Waals surface area (Å²) < 4.78 is 5.42. The van der Waals surface area contributed by atoms with Crippen LogP contribution in [0.3, 0.4) is 0 Å². The summed E-state index contributed by atoms with van der Waals surface area (Å²) in [5.74, 6) is 0.879. The SMILES string of the molecule is CCOc1ccc(C(=O)c2cccc3c2CCCN3)cc1. The Balaban J connectivity index is 1.91. The number of ketones is 1. The maximum absolute atomic E-state index is 12.7. The highest BCUT2D eigenvalue weighted by Gasteiger charge is 2.18. The van der Waals surface area contributed by atoms with Gasteiger partial charge >= 0.3 is 0 Å². The van der Waals surface area contributed by atoms with Crippen molar-refractivity contribution in [3.8, 4) is 5.75 Å². The molecule has 0 radical (unpaired) electrons. The zero-order valence-electron chi connectivity index (χ0n) is 12.2. The van der Waals surface area contributed by atoms with Crippen LogP contribution in [0.25, 0.3) is 0 Å². The summed E-state index contributed by atoms with van der Waals surface area (Å²) in [7, 11) is 0. The number of ether oxygens (including phenoxy) is 1. The van der Waals surface area contributed by atoms with E-state index >= 15 is 0 Å². The number of fused-ring (bicyclic) bond motifs is 1. The molecule has 0 atom stereocenters. The zero-order valence-corrected chi connectivity index (χ0v) is 12.2. The second-order valence-electron chi connectivity index (χ2n) is 5.15. The molecule has 2 aromatic carbocycles. The van der Waals surface area contributed by atoms with Crippen molar-refractivity contribution in [2.75, 3.05) is 18.5 Å². The Morgan fingerprint density at radius 3 is 2.76 bits per heavy atom. The van der Waals surface area contributed by atoms with Gasteiger partial charge in [-0.15, -0.1) is 0 Å². The molecule has 0 spiro atoms. The lowest BCUT2D eigenvalue weighted by atomic mass is 9.92. The minimum absolute atomic E-state index is 0.0820. The van der Waals surface area contributed by atoms with E-state index in [0.717, 1.165) is 42.0 Å². The van der Waals surface area contributed by atoms with Crippen molar-refractivity contribution in [2.45, 2.75) is 19.8 Å². The lowest BCUT2D eigenvalue weighted by Crippen LogP contribution is -2.16. The van der Waals surface area contributed by atoms with Crippen LogP contribution in [0.4, 0.5) is 5.69 Å². The molecule has 0 aromatic heterocycles. The second-order valence-corrected chi connectivity index (χ2v) is 5.15. The van der Waals surface area contributed by atoms with E-state index in [4.69, 9.17) is 4.74 Å². The highest BCUT2D eigenvalue weighted by Crippen LogP contribution is 2.27. The molecule has 3 heteroatoms. The van der Waals surface area contributed by atoms with Crippen LogP contribution in [0.15, 0.2) is 42.5 Å². The Hall–Kier alpha value is -2.29. The number of rotatable bonds is 4. The quantitative estimate of drug-likeness (QED) is 0.869. The van der Waals surface area contributed by atoms with Gasteiger partial charge in [0.15, 0.2) is 5.78 Å². The normalized spacial score (nSPS) is 13.2. The first-order valence-electron chi connectivity index (χ1n) is 7.43. The number of nitrogens with one attached hydrogen (secondary N) is 1. The number of anilines is 1. The van der Waals surface area contributed by atoms with E-state index in [1.165, 1.54) is 0 Å². The molecule has 0 saturated carbocycles. The van der Waals surface area contributed by atoms with Gasteiger partial charge in [0.05, 0.1) is 6.61 Å². The summed E-state index contributed by atoms with van der Waals surface area (Å²) in [6, 6.07) is 13.3. The average Bonchev–Trinajstić information content (AvgIpc) is 2.55. The van der Waals surface area contributed by atoms with Crippen molar-refractivity contribution in [3.63, 3.8) is 0 Å². The van der Waals surface area contributed by atoms with Gasteiger partial charge in [-0.05, 0) is 55.7 Å². The van der Waals surface area contributed by atoms with Gasteiger partial charge in [0.25, 0.3) is 0 Å². The van der Waals surface area contributed by atoms with Crippen LogP contribution < -0.4 is 10.1 Å². The van der Waals surface area contributed by atoms with Crippen molar-refractivity contribution in [2.24, 2.45) is 0 Å². The molecule has 1 N–H and O–H groups in total. The summed E-state index contributed by atoms with van der Waals surface area (Å²) in [5, 5.41) is 3.36. The molecule has 21 heavy (non-hydrogen) atoms. The molecule has 0 unspecified atom stereocenters. The van der Waals surface area contributed by atoms with Gasteiger partial charge in [-0.2, -0.15) is 0 Å². The van der Waals surface area contributed by atoms with Crippen molar-refractivity contribution in [1.29, 1.82) is 0 Å². The minimum Gasteiger partial charge on any atom is -0.494 e. The van der Waals surface area contributed by atoms with Gasteiger partial charge in [-0.25, -0.2) is 0 Å². The fourth-order valence-corrected chi connectivity index (χ4v) is 2.75. The Labute approximate surface area is 124 Å². The van der Waals surface area contributed by atoms with Crippen LogP contribution >= 0.6 is 0 Å². The summed E-state index contributed by atoms with van der Waals surface area (Å²) in [4.78, 5) is 12.7. The largest absolute Gasteiger partial charge is 0.494 e. The molecule has 0 bridgehead atoms. The average molecular weight is 281 g/mol. The van der Waals surface area contributed by atoms with Gasteiger partial charge in [0, 0.05) is 23.4 Å². The van der Waals surface area contributed by atoms with Crippen molar-refractivity contribution >= 4 is 11.5 Å². The van der Waals surface area contributed by atoms with Crippen LogP contribution in [0.1, 0.15) is 34.8 Å². The smallest absolute Gasteiger partial charge is 0.193 e.